The van der Waals surface area contributed by atoms with Crippen molar-refractivity contribution in [3.63, 3.8) is 0 Å². The normalized spacial score (nSPS) is 14.5. The summed E-state index contributed by atoms with van der Waals surface area (Å²) in [4.78, 5) is 11.2. The Morgan fingerprint density at radius 2 is 2.29 bits per heavy atom. The van der Waals surface area contributed by atoms with Crippen LogP contribution in [-0.4, -0.2) is 26.9 Å². The van der Waals surface area contributed by atoms with E-state index in [1.165, 1.54) is 0 Å². The molecule has 0 saturated carbocycles. The van der Waals surface area contributed by atoms with Crippen LogP contribution in [-0.2, 0) is 11.3 Å². The van der Waals surface area contributed by atoms with E-state index in [-0.39, 0.29) is 6.04 Å². The van der Waals surface area contributed by atoms with E-state index >= 15 is 0 Å². The predicted molar refractivity (Wildman–Crippen MR) is 65.8 cm³/mol. The summed E-state index contributed by atoms with van der Waals surface area (Å²) in [5, 5.41) is 16.5. The second-order valence-electron chi connectivity index (χ2n) is 4.28. The predicted octanol–water partition coefficient (Wildman–Crippen LogP) is 1.81. The molecular weight excluding hydrogens is 218 g/mol. The van der Waals surface area contributed by atoms with Gasteiger partial charge in [-0.25, -0.2) is 0 Å². The molecule has 5 nitrogen and oxygen atoms in total. The van der Waals surface area contributed by atoms with Crippen LogP contribution in [0.1, 0.15) is 45.2 Å². The number of carbonyl (C=O) groups is 1. The Morgan fingerprint density at radius 1 is 1.59 bits per heavy atom. The molecular formula is C12H21N3O2. The summed E-state index contributed by atoms with van der Waals surface area (Å²) in [5.41, 5.74) is 0.714. The van der Waals surface area contributed by atoms with Crippen molar-refractivity contribution in [1.29, 1.82) is 0 Å². The highest BCUT2D eigenvalue weighted by molar-refractivity contribution is 5.75. The number of aryl methyl sites for hydroxylation is 1. The first-order valence-electron chi connectivity index (χ1n) is 6.09. The molecule has 0 fully saturated rings. The number of carboxylic acid groups (broad SMARTS) is 1. The first kappa shape index (κ1) is 13.7. The molecule has 0 amide bonds. The van der Waals surface area contributed by atoms with Crippen molar-refractivity contribution >= 4 is 5.97 Å². The number of hydrogen-bond donors (Lipinski definition) is 2. The van der Waals surface area contributed by atoms with Gasteiger partial charge in [-0.3, -0.25) is 14.8 Å². The average Bonchev–Trinajstić information content (AvgIpc) is 2.74. The first-order chi connectivity index (χ1) is 8.08. The molecule has 1 aromatic rings. The van der Waals surface area contributed by atoms with Crippen molar-refractivity contribution in [1.82, 2.24) is 15.1 Å². The highest BCUT2D eigenvalue weighted by Gasteiger charge is 2.22. The molecule has 17 heavy (non-hydrogen) atoms. The molecule has 1 heterocycles. The molecule has 1 aromatic heterocycles. The van der Waals surface area contributed by atoms with Crippen molar-refractivity contribution in [3.05, 3.63) is 18.0 Å². The smallest absolute Gasteiger partial charge is 0.325 e. The molecule has 2 N–H and O–H groups in total. The SMILES string of the molecule is CCCn1cc(C(NC(C)CC)C(=O)O)cn1. The number of carboxylic acids is 1. The minimum atomic E-state index is -0.860. The Bertz CT molecular complexity index is 362. The Labute approximate surface area is 102 Å². The maximum atomic E-state index is 11.2. The molecule has 0 radical (unpaired) electrons. The van der Waals surface area contributed by atoms with E-state index in [1.54, 1.807) is 17.1 Å². The third-order valence-electron chi connectivity index (χ3n) is 2.75. The molecule has 2 atom stereocenters. The van der Waals surface area contributed by atoms with Crippen molar-refractivity contribution in [3.8, 4) is 0 Å². The Kier molecular flexibility index (Phi) is 5.15. The zero-order valence-corrected chi connectivity index (χ0v) is 10.7. The van der Waals surface area contributed by atoms with Crippen LogP contribution in [0.25, 0.3) is 0 Å². The highest BCUT2D eigenvalue weighted by Crippen LogP contribution is 2.14. The second-order valence-corrected chi connectivity index (χ2v) is 4.28. The van der Waals surface area contributed by atoms with Gasteiger partial charge in [0.15, 0.2) is 0 Å². The molecule has 1 rings (SSSR count). The molecule has 0 aliphatic rings. The Hall–Kier alpha value is -1.36. The quantitative estimate of drug-likeness (QED) is 0.761. The fourth-order valence-corrected chi connectivity index (χ4v) is 1.59. The van der Waals surface area contributed by atoms with Crippen LogP contribution < -0.4 is 5.32 Å². The van der Waals surface area contributed by atoms with E-state index in [0.29, 0.717) is 5.56 Å². The molecule has 0 bridgehead atoms. The van der Waals surface area contributed by atoms with Gasteiger partial charge in [-0.05, 0) is 19.8 Å². The third-order valence-corrected chi connectivity index (χ3v) is 2.75. The van der Waals surface area contributed by atoms with Gasteiger partial charge in [-0.2, -0.15) is 5.10 Å². The van der Waals surface area contributed by atoms with E-state index in [9.17, 15) is 9.90 Å². The van der Waals surface area contributed by atoms with E-state index < -0.39 is 12.0 Å². The number of rotatable bonds is 7. The number of aliphatic carboxylic acids is 1. The van der Waals surface area contributed by atoms with Gasteiger partial charge in [0.25, 0.3) is 0 Å². The van der Waals surface area contributed by atoms with Gasteiger partial charge in [0.2, 0.25) is 0 Å². The minimum Gasteiger partial charge on any atom is -0.480 e. The van der Waals surface area contributed by atoms with Crippen molar-refractivity contribution in [2.24, 2.45) is 0 Å². The summed E-state index contributed by atoms with van der Waals surface area (Å²) in [6, 6.07) is -0.499. The summed E-state index contributed by atoms with van der Waals surface area (Å²) in [7, 11) is 0. The third kappa shape index (κ3) is 3.85. The van der Waals surface area contributed by atoms with Crippen LogP contribution in [0, 0.1) is 0 Å². The highest BCUT2D eigenvalue weighted by atomic mass is 16.4. The van der Waals surface area contributed by atoms with Crippen LogP contribution in [0.5, 0.6) is 0 Å². The molecule has 96 valence electrons. The van der Waals surface area contributed by atoms with Gasteiger partial charge in [0, 0.05) is 24.3 Å². The Balaban J connectivity index is 2.78. The van der Waals surface area contributed by atoms with E-state index in [2.05, 4.69) is 17.3 Å². The average molecular weight is 239 g/mol. The summed E-state index contributed by atoms with van der Waals surface area (Å²) >= 11 is 0. The zero-order chi connectivity index (χ0) is 12.8. The molecule has 0 saturated heterocycles. The largest absolute Gasteiger partial charge is 0.480 e. The van der Waals surface area contributed by atoms with Crippen molar-refractivity contribution in [2.45, 2.75) is 52.2 Å². The van der Waals surface area contributed by atoms with Crippen molar-refractivity contribution in [2.75, 3.05) is 0 Å². The van der Waals surface area contributed by atoms with Gasteiger partial charge < -0.3 is 5.11 Å². The summed E-state index contributed by atoms with van der Waals surface area (Å²) in [5.74, 6) is -0.860. The lowest BCUT2D eigenvalue weighted by atomic mass is 10.1. The summed E-state index contributed by atoms with van der Waals surface area (Å²) in [6.07, 6.45) is 5.31. The molecule has 2 unspecified atom stereocenters. The summed E-state index contributed by atoms with van der Waals surface area (Å²) < 4.78 is 1.78. The molecule has 0 aromatic carbocycles. The fourth-order valence-electron chi connectivity index (χ4n) is 1.59. The van der Waals surface area contributed by atoms with Crippen LogP contribution in [0.15, 0.2) is 12.4 Å². The monoisotopic (exact) mass is 239 g/mol. The van der Waals surface area contributed by atoms with E-state index in [0.717, 1.165) is 19.4 Å². The van der Waals surface area contributed by atoms with E-state index in [4.69, 9.17) is 0 Å². The first-order valence-corrected chi connectivity index (χ1v) is 6.09. The summed E-state index contributed by atoms with van der Waals surface area (Å²) in [6.45, 7) is 6.88. The topological polar surface area (TPSA) is 67.2 Å². The zero-order valence-electron chi connectivity index (χ0n) is 10.7. The van der Waals surface area contributed by atoms with Crippen LogP contribution in [0.4, 0.5) is 0 Å². The van der Waals surface area contributed by atoms with Crippen LogP contribution in [0.3, 0.4) is 0 Å². The standard InChI is InChI=1S/C12H21N3O2/c1-4-6-15-8-10(7-13-15)11(12(16)17)14-9(3)5-2/h7-9,11,14H,4-6H2,1-3H3,(H,16,17). The number of hydrogen-bond acceptors (Lipinski definition) is 3. The van der Waals surface area contributed by atoms with Crippen LogP contribution in [0.2, 0.25) is 0 Å². The van der Waals surface area contributed by atoms with Gasteiger partial charge in [0.1, 0.15) is 6.04 Å². The van der Waals surface area contributed by atoms with Gasteiger partial charge in [0.05, 0.1) is 6.20 Å². The van der Waals surface area contributed by atoms with Crippen LogP contribution >= 0.6 is 0 Å². The maximum absolute atomic E-state index is 11.2. The van der Waals surface area contributed by atoms with Gasteiger partial charge in [-0.15, -0.1) is 0 Å². The number of aromatic nitrogens is 2. The van der Waals surface area contributed by atoms with Gasteiger partial charge >= 0.3 is 5.97 Å². The second kappa shape index (κ2) is 6.39. The van der Waals surface area contributed by atoms with Gasteiger partial charge in [-0.1, -0.05) is 13.8 Å². The number of nitrogens with zero attached hydrogens (tertiary/aromatic N) is 2. The molecule has 0 aliphatic heterocycles. The lowest BCUT2D eigenvalue weighted by Gasteiger charge is -2.17. The lowest BCUT2D eigenvalue weighted by Crippen LogP contribution is -2.34. The minimum absolute atomic E-state index is 0.172. The Morgan fingerprint density at radius 3 is 2.82 bits per heavy atom. The lowest BCUT2D eigenvalue weighted by molar-refractivity contribution is -0.139. The number of nitrogens with one attached hydrogen (secondary N) is 1. The molecule has 0 spiro atoms. The fraction of sp³-hybridized carbons (Fsp3) is 0.667. The van der Waals surface area contributed by atoms with E-state index in [1.807, 2.05) is 13.8 Å². The molecule has 0 aliphatic carbocycles. The molecule has 5 heteroatoms. The maximum Gasteiger partial charge on any atom is 0.325 e. The van der Waals surface area contributed by atoms with Crippen molar-refractivity contribution < 1.29 is 9.90 Å².